The molecule has 0 bridgehead atoms. The molecule has 2 saturated heterocycles. The Morgan fingerprint density at radius 1 is 1.10 bits per heavy atom. The summed E-state index contributed by atoms with van der Waals surface area (Å²) in [5.74, 6) is 0.0480. The van der Waals surface area contributed by atoms with Crippen molar-refractivity contribution in [1.29, 1.82) is 0 Å². The zero-order valence-corrected chi connectivity index (χ0v) is 30.9. The molecule has 8 nitrogen and oxygen atoms in total. The number of allylic oxidation sites excluding steroid dienone is 4. The number of anilines is 2. The number of aldehydes is 1. The van der Waals surface area contributed by atoms with Crippen LogP contribution in [0.15, 0.2) is 101 Å². The van der Waals surface area contributed by atoms with E-state index in [1.165, 1.54) is 12.1 Å². The van der Waals surface area contributed by atoms with Gasteiger partial charge in [0.05, 0.1) is 16.8 Å². The molecule has 0 saturated carbocycles. The number of oxazole rings is 1. The Morgan fingerprint density at radius 3 is 2.45 bits per heavy atom. The molecule has 0 aliphatic carbocycles. The van der Waals surface area contributed by atoms with Crippen LogP contribution in [-0.4, -0.2) is 62.0 Å². The van der Waals surface area contributed by atoms with Crippen LogP contribution in [0.1, 0.15) is 56.5 Å². The van der Waals surface area contributed by atoms with E-state index in [0.29, 0.717) is 41.1 Å². The summed E-state index contributed by atoms with van der Waals surface area (Å²) in [7, 11) is 1.83. The SMILES string of the molecule is C=C(/C(C=O)=C\C(C)=C/C)N1CC2(CCOCC2)C1.CC.CNc1ccc(C(=O)N2CCc3cc(-c4ncco4)sc3-c3ccc(F)cc32)cc1. The lowest BCUT2D eigenvalue weighted by Crippen LogP contribution is -2.57. The van der Waals surface area contributed by atoms with Crippen molar-refractivity contribution >= 4 is 34.9 Å². The van der Waals surface area contributed by atoms with E-state index in [-0.39, 0.29) is 11.7 Å². The first-order chi connectivity index (χ1) is 24.7. The van der Waals surface area contributed by atoms with E-state index in [2.05, 4.69) is 27.8 Å². The molecule has 0 unspecified atom stereocenters. The summed E-state index contributed by atoms with van der Waals surface area (Å²) < 4.78 is 25.1. The number of aromatic nitrogens is 1. The van der Waals surface area contributed by atoms with E-state index in [1.807, 2.05) is 59.0 Å². The fourth-order valence-electron chi connectivity index (χ4n) is 6.48. The van der Waals surface area contributed by atoms with Crippen LogP contribution in [0.25, 0.3) is 21.2 Å². The zero-order valence-electron chi connectivity index (χ0n) is 30.1. The van der Waals surface area contributed by atoms with Gasteiger partial charge in [-0.15, -0.1) is 11.3 Å². The van der Waals surface area contributed by atoms with Gasteiger partial charge in [-0.25, -0.2) is 9.37 Å². The van der Waals surface area contributed by atoms with Crippen molar-refractivity contribution in [2.75, 3.05) is 50.1 Å². The normalized spacial score (nSPS) is 16.3. The van der Waals surface area contributed by atoms with Gasteiger partial charge in [-0.1, -0.05) is 32.1 Å². The van der Waals surface area contributed by atoms with Crippen LogP contribution in [-0.2, 0) is 16.0 Å². The van der Waals surface area contributed by atoms with Gasteiger partial charge in [0.15, 0.2) is 6.29 Å². The highest BCUT2D eigenvalue weighted by Gasteiger charge is 2.44. The lowest BCUT2D eigenvalue weighted by atomic mass is 9.73. The standard InChI is InChI=1S/C23H18FN3O2S.C16H23NO2.C2H6/c1-25-17-5-2-14(3-6-17)23(28)27-10-8-15-12-20(22-26-9-11-29-22)30-21(15)18-7-4-16(24)13-19(18)27;1-4-13(2)9-15(10-18)14(3)17-11-16(12-17)5-7-19-8-6-16;1-2/h2-7,9,11-13,25H,8,10H2,1H3;4,9-10H,3,5-8,11-12H2,1-2H3;1-2H3/b;13-4-,15-9-;. The number of nitrogens with one attached hydrogen (secondary N) is 1. The number of fused-ring (bicyclic) bond motifs is 3. The number of likely N-dealkylation sites (tertiary alicyclic amines) is 1. The second-order valence-electron chi connectivity index (χ2n) is 12.7. The predicted octanol–water partition coefficient (Wildman–Crippen LogP) is 9.18. The summed E-state index contributed by atoms with van der Waals surface area (Å²) in [6.07, 6.45) is 10.9. The van der Waals surface area contributed by atoms with Gasteiger partial charge in [-0.2, -0.15) is 0 Å². The van der Waals surface area contributed by atoms with Crippen LogP contribution in [0, 0.1) is 11.2 Å². The number of benzene rings is 2. The minimum absolute atomic E-state index is 0.146. The third-order valence-electron chi connectivity index (χ3n) is 9.50. The molecule has 268 valence electrons. The summed E-state index contributed by atoms with van der Waals surface area (Å²) in [5.41, 5.74) is 7.05. The molecule has 7 rings (SSSR count). The Bertz CT molecular complexity index is 1880. The van der Waals surface area contributed by atoms with E-state index in [0.717, 1.165) is 83.3 Å². The molecule has 1 amide bonds. The molecule has 0 atom stereocenters. The van der Waals surface area contributed by atoms with Gasteiger partial charge < -0.3 is 24.3 Å². The van der Waals surface area contributed by atoms with Crippen LogP contribution >= 0.6 is 11.3 Å². The smallest absolute Gasteiger partial charge is 0.258 e. The third-order valence-corrected chi connectivity index (χ3v) is 10.7. The monoisotopic (exact) mass is 710 g/mol. The molecule has 2 aromatic carbocycles. The third kappa shape index (κ3) is 8.40. The molecular formula is C41H47FN4O4S. The van der Waals surface area contributed by atoms with Crippen molar-refractivity contribution in [3.63, 3.8) is 0 Å². The highest BCUT2D eigenvalue weighted by molar-refractivity contribution is 7.19. The van der Waals surface area contributed by atoms with Gasteiger partial charge >= 0.3 is 0 Å². The number of thiophene rings is 1. The van der Waals surface area contributed by atoms with E-state index in [4.69, 9.17) is 9.15 Å². The molecule has 10 heteroatoms. The Morgan fingerprint density at radius 2 is 1.82 bits per heavy atom. The van der Waals surface area contributed by atoms with Crippen molar-refractivity contribution in [3.05, 3.63) is 114 Å². The molecule has 0 radical (unpaired) electrons. The Labute approximate surface area is 304 Å². The van der Waals surface area contributed by atoms with Crippen LogP contribution in [0.5, 0.6) is 0 Å². The number of nitrogens with zero attached hydrogens (tertiary/aromatic N) is 3. The quantitative estimate of drug-likeness (QED) is 0.116. The highest BCUT2D eigenvalue weighted by Crippen LogP contribution is 2.45. The average molecular weight is 711 g/mol. The molecule has 3 aliphatic heterocycles. The van der Waals surface area contributed by atoms with Crippen LogP contribution < -0.4 is 10.2 Å². The molecule has 51 heavy (non-hydrogen) atoms. The van der Waals surface area contributed by atoms with Gasteiger partial charge in [-0.3, -0.25) is 9.59 Å². The van der Waals surface area contributed by atoms with E-state index >= 15 is 0 Å². The Hall–Kier alpha value is -4.80. The first-order valence-corrected chi connectivity index (χ1v) is 18.3. The molecule has 4 aromatic rings. The topological polar surface area (TPSA) is 87.9 Å². The number of halogens is 1. The molecular weight excluding hydrogens is 664 g/mol. The fourth-order valence-corrected chi connectivity index (χ4v) is 7.67. The van der Waals surface area contributed by atoms with Crippen molar-refractivity contribution in [3.8, 4) is 21.2 Å². The highest BCUT2D eigenvalue weighted by atomic mass is 32.1. The number of carbonyl (C=O) groups is 2. The summed E-state index contributed by atoms with van der Waals surface area (Å²) in [6.45, 7) is 16.3. The maximum Gasteiger partial charge on any atom is 0.258 e. The number of ether oxygens (including phenoxy) is 1. The molecule has 1 N–H and O–H groups in total. The maximum absolute atomic E-state index is 14.2. The minimum Gasteiger partial charge on any atom is -0.444 e. The van der Waals surface area contributed by atoms with E-state index in [1.54, 1.807) is 46.9 Å². The average Bonchev–Trinajstić information content (AvgIpc) is 3.82. The van der Waals surface area contributed by atoms with Crippen molar-refractivity contribution in [2.45, 2.75) is 47.0 Å². The minimum atomic E-state index is -0.370. The van der Waals surface area contributed by atoms with Crippen LogP contribution in [0.4, 0.5) is 15.8 Å². The molecule has 2 fully saturated rings. The van der Waals surface area contributed by atoms with E-state index < -0.39 is 0 Å². The molecule has 2 aromatic heterocycles. The molecule has 1 spiro atoms. The number of carbonyl (C=O) groups excluding carboxylic acids is 2. The second kappa shape index (κ2) is 16.9. The maximum atomic E-state index is 14.2. The van der Waals surface area contributed by atoms with Gasteiger partial charge in [0.1, 0.15) is 12.1 Å². The summed E-state index contributed by atoms with van der Waals surface area (Å²) >= 11 is 1.54. The van der Waals surface area contributed by atoms with Gasteiger partial charge in [0, 0.05) is 78.3 Å². The second-order valence-corrected chi connectivity index (χ2v) is 13.7. The number of hydrogen-bond donors (Lipinski definition) is 1. The lowest BCUT2D eigenvalue weighted by molar-refractivity contribution is -0.105. The van der Waals surface area contributed by atoms with Crippen LogP contribution in [0.2, 0.25) is 0 Å². The van der Waals surface area contributed by atoms with Gasteiger partial charge in [-0.05, 0) is 93.3 Å². The number of rotatable bonds is 7. The van der Waals surface area contributed by atoms with E-state index in [9.17, 15) is 14.0 Å². The number of amides is 1. The first kappa shape index (κ1) is 37.5. The molecule has 3 aliphatic rings. The van der Waals surface area contributed by atoms with Gasteiger partial charge in [0.2, 0.25) is 5.89 Å². The lowest BCUT2D eigenvalue weighted by Gasteiger charge is -2.54. The predicted molar refractivity (Wildman–Crippen MR) is 205 cm³/mol. The Balaban J connectivity index is 0.000000208. The molecule has 5 heterocycles. The van der Waals surface area contributed by atoms with Gasteiger partial charge in [0.25, 0.3) is 5.91 Å². The first-order valence-electron chi connectivity index (χ1n) is 17.5. The summed E-state index contributed by atoms with van der Waals surface area (Å²) in [6, 6.07) is 14.0. The van der Waals surface area contributed by atoms with Crippen molar-refractivity contribution in [2.24, 2.45) is 5.41 Å². The van der Waals surface area contributed by atoms with Crippen molar-refractivity contribution in [1.82, 2.24) is 9.88 Å². The van der Waals surface area contributed by atoms with Crippen LogP contribution in [0.3, 0.4) is 0 Å². The Kier molecular flexibility index (Phi) is 12.4. The van der Waals surface area contributed by atoms with Crippen molar-refractivity contribution < 1.29 is 23.1 Å². The fraction of sp³-hybridized carbons (Fsp3) is 0.341. The summed E-state index contributed by atoms with van der Waals surface area (Å²) in [5, 5.41) is 3.05. The summed E-state index contributed by atoms with van der Waals surface area (Å²) in [4.78, 5) is 34.6. The zero-order chi connectivity index (χ0) is 36.5. The largest absolute Gasteiger partial charge is 0.444 e. The number of hydrogen-bond acceptors (Lipinski definition) is 8.